The van der Waals surface area contributed by atoms with E-state index in [2.05, 4.69) is 15.5 Å². The minimum atomic E-state index is -0.185. The molecule has 0 fully saturated rings. The summed E-state index contributed by atoms with van der Waals surface area (Å²) in [5, 5.41) is 12.7. The maximum Gasteiger partial charge on any atom is 0.234 e. The topological polar surface area (TPSA) is 78.3 Å². The fraction of sp³-hybridized carbons (Fsp3) is 0.222. The number of ether oxygens (including phenoxy) is 2. The van der Waals surface area contributed by atoms with E-state index >= 15 is 0 Å². The van der Waals surface area contributed by atoms with Crippen LogP contribution in [0.2, 0.25) is 5.02 Å². The number of anilines is 1. The number of amides is 1. The van der Waals surface area contributed by atoms with Gasteiger partial charge in [-0.3, -0.25) is 9.36 Å². The molecule has 1 amide bonds. The number of rotatable bonds is 9. The van der Waals surface area contributed by atoms with E-state index in [4.69, 9.17) is 21.1 Å². The second-order valence-electron chi connectivity index (χ2n) is 8.31. The molecule has 0 bridgehead atoms. The van der Waals surface area contributed by atoms with E-state index in [-0.39, 0.29) is 18.3 Å². The van der Waals surface area contributed by atoms with Crippen LogP contribution in [0.1, 0.15) is 22.5 Å². The van der Waals surface area contributed by atoms with Crippen molar-refractivity contribution >= 4 is 35.0 Å². The molecule has 1 aromatic heterocycles. The average Bonchev–Trinajstić information content (AvgIpc) is 3.27. The van der Waals surface area contributed by atoms with Gasteiger partial charge < -0.3 is 14.8 Å². The van der Waals surface area contributed by atoms with Crippen molar-refractivity contribution in [3.63, 3.8) is 0 Å². The lowest BCUT2D eigenvalue weighted by atomic mass is 10.1. The van der Waals surface area contributed by atoms with Gasteiger partial charge in [0.25, 0.3) is 0 Å². The standard InChI is InChI=1S/C27H27ClN4O3S/c1-17-5-9-22(10-6-17)35-15-24-30-31-27(32(24)20-7-11-21(34-4)12-8-20)36-16-25(33)29-26-19(3)13-18(2)14-23(26)28/h5-14H,15-16H2,1-4H3,(H,29,33). The Bertz CT molecular complexity index is 1330. The van der Waals surface area contributed by atoms with Crippen LogP contribution >= 0.6 is 23.4 Å². The summed E-state index contributed by atoms with van der Waals surface area (Å²) < 4.78 is 13.1. The first-order valence-corrected chi connectivity index (χ1v) is 12.7. The van der Waals surface area contributed by atoms with Crippen molar-refractivity contribution in [2.45, 2.75) is 32.5 Å². The number of hydrogen-bond donors (Lipinski definition) is 1. The highest BCUT2D eigenvalue weighted by molar-refractivity contribution is 7.99. The van der Waals surface area contributed by atoms with E-state index in [9.17, 15) is 4.79 Å². The molecular formula is C27H27ClN4O3S. The zero-order valence-electron chi connectivity index (χ0n) is 20.5. The third-order valence-corrected chi connectivity index (χ3v) is 6.68. The third-order valence-electron chi connectivity index (χ3n) is 5.45. The van der Waals surface area contributed by atoms with E-state index in [1.807, 2.05) is 86.0 Å². The first kappa shape index (κ1) is 25.6. The smallest absolute Gasteiger partial charge is 0.234 e. The average molecular weight is 523 g/mol. The molecule has 0 aliphatic carbocycles. The molecule has 3 aromatic carbocycles. The van der Waals surface area contributed by atoms with Crippen molar-refractivity contribution in [3.8, 4) is 17.2 Å². The second kappa shape index (κ2) is 11.5. The lowest BCUT2D eigenvalue weighted by molar-refractivity contribution is -0.113. The summed E-state index contributed by atoms with van der Waals surface area (Å²) in [4.78, 5) is 12.8. The Morgan fingerprint density at radius 3 is 2.33 bits per heavy atom. The van der Waals surface area contributed by atoms with Crippen LogP contribution in [0, 0.1) is 20.8 Å². The predicted molar refractivity (Wildman–Crippen MR) is 144 cm³/mol. The number of carbonyl (C=O) groups excluding carboxylic acids is 1. The largest absolute Gasteiger partial charge is 0.497 e. The van der Waals surface area contributed by atoms with Crippen molar-refractivity contribution in [2.24, 2.45) is 0 Å². The molecule has 9 heteroatoms. The third kappa shape index (κ3) is 6.19. The highest BCUT2D eigenvalue weighted by Crippen LogP contribution is 2.29. The van der Waals surface area contributed by atoms with Crippen LogP contribution in [0.3, 0.4) is 0 Å². The van der Waals surface area contributed by atoms with Crippen LogP contribution in [-0.4, -0.2) is 33.5 Å². The maximum absolute atomic E-state index is 12.8. The molecule has 0 unspecified atom stereocenters. The van der Waals surface area contributed by atoms with E-state index in [1.54, 1.807) is 7.11 Å². The number of hydrogen-bond acceptors (Lipinski definition) is 6. The number of nitrogens with one attached hydrogen (secondary N) is 1. The molecule has 4 aromatic rings. The number of nitrogens with zero attached hydrogens (tertiary/aromatic N) is 3. The second-order valence-corrected chi connectivity index (χ2v) is 9.66. The monoisotopic (exact) mass is 522 g/mol. The van der Waals surface area contributed by atoms with Gasteiger partial charge in [0.05, 0.1) is 23.6 Å². The number of carbonyl (C=O) groups is 1. The minimum absolute atomic E-state index is 0.136. The van der Waals surface area contributed by atoms with Gasteiger partial charge in [-0.15, -0.1) is 10.2 Å². The molecule has 36 heavy (non-hydrogen) atoms. The van der Waals surface area contributed by atoms with E-state index in [1.165, 1.54) is 11.8 Å². The molecule has 1 N–H and O–H groups in total. The van der Waals surface area contributed by atoms with Gasteiger partial charge in [0.15, 0.2) is 11.0 Å². The van der Waals surface area contributed by atoms with Gasteiger partial charge in [-0.2, -0.15) is 0 Å². The number of thioether (sulfide) groups is 1. The van der Waals surface area contributed by atoms with Gasteiger partial charge in [0, 0.05) is 5.69 Å². The van der Waals surface area contributed by atoms with Crippen molar-refractivity contribution in [3.05, 3.63) is 88.2 Å². The molecule has 0 aliphatic heterocycles. The lowest BCUT2D eigenvalue weighted by Gasteiger charge is -2.13. The Morgan fingerprint density at radius 2 is 1.67 bits per heavy atom. The van der Waals surface area contributed by atoms with Crippen molar-refractivity contribution < 1.29 is 14.3 Å². The van der Waals surface area contributed by atoms with Crippen LogP contribution in [0.25, 0.3) is 5.69 Å². The Labute approximate surface area is 219 Å². The fourth-order valence-corrected chi connectivity index (χ4v) is 4.78. The zero-order valence-corrected chi connectivity index (χ0v) is 22.1. The molecule has 0 atom stereocenters. The first-order valence-electron chi connectivity index (χ1n) is 11.3. The summed E-state index contributed by atoms with van der Waals surface area (Å²) >= 11 is 7.64. The molecule has 0 saturated heterocycles. The van der Waals surface area contributed by atoms with Crippen molar-refractivity contribution in [1.29, 1.82) is 0 Å². The Kier molecular flexibility index (Phi) is 8.18. The van der Waals surface area contributed by atoms with Crippen LogP contribution < -0.4 is 14.8 Å². The molecular weight excluding hydrogens is 496 g/mol. The molecule has 0 radical (unpaired) electrons. The van der Waals surface area contributed by atoms with Gasteiger partial charge >= 0.3 is 0 Å². The number of methoxy groups -OCH3 is 1. The van der Waals surface area contributed by atoms with Gasteiger partial charge in [-0.1, -0.05) is 47.1 Å². The summed E-state index contributed by atoms with van der Waals surface area (Å²) in [5.41, 5.74) is 4.57. The molecule has 0 saturated carbocycles. The Balaban J connectivity index is 1.53. The summed E-state index contributed by atoms with van der Waals surface area (Å²) in [6.45, 7) is 6.12. The molecule has 4 rings (SSSR count). The van der Waals surface area contributed by atoms with Crippen molar-refractivity contribution in [2.75, 3.05) is 18.2 Å². The Hall–Kier alpha value is -3.49. The molecule has 1 heterocycles. The SMILES string of the molecule is COc1ccc(-n2c(COc3ccc(C)cc3)nnc2SCC(=O)Nc2c(C)cc(C)cc2Cl)cc1. The van der Waals surface area contributed by atoms with Gasteiger partial charge in [-0.05, 0) is 74.4 Å². The predicted octanol–water partition coefficient (Wildman–Crippen LogP) is 6.16. The van der Waals surface area contributed by atoms with Gasteiger partial charge in [0.1, 0.15) is 18.1 Å². The molecule has 0 spiro atoms. The van der Waals surface area contributed by atoms with E-state index in [0.29, 0.717) is 21.7 Å². The zero-order chi connectivity index (χ0) is 25.7. The van der Waals surface area contributed by atoms with Crippen LogP contribution in [0.5, 0.6) is 11.5 Å². The Morgan fingerprint density at radius 1 is 0.972 bits per heavy atom. The van der Waals surface area contributed by atoms with Crippen LogP contribution in [-0.2, 0) is 11.4 Å². The lowest BCUT2D eigenvalue weighted by Crippen LogP contribution is -2.16. The van der Waals surface area contributed by atoms with E-state index < -0.39 is 0 Å². The minimum Gasteiger partial charge on any atom is -0.497 e. The summed E-state index contributed by atoms with van der Waals surface area (Å²) in [5.74, 6) is 2.04. The maximum atomic E-state index is 12.8. The summed E-state index contributed by atoms with van der Waals surface area (Å²) in [6, 6.07) is 19.2. The number of benzene rings is 3. The number of aromatic nitrogens is 3. The quantitative estimate of drug-likeness (QED) is 0.265. The van der Waals surface area contributed by atoms with Crippen LogP contribution in [0.4, 0.5) is 5.69 Å². The number of aryl methyl sites for hydroxylation is 3. The van der Waals surface area contributed by atoms with E-state index in [0.717, 1.165) is 33.9 Å². The highest BCUT2D eigenvalue weighted by Gasteiger charge is 2.18. The number of halogens is 1. The first-order chi connectivity index (χ1) is 17.3. The summed E-state index contributed by atoms with van der Waals surface area (Å²) in [7, 11) is 1.62. The fourth-order valence-electron chi connectivity index (χ4n) is 3.64. The normalized spacial score (nSPS) is 10.8. The van der Waals surface area contributed by atoms with Crippen molar-refractivity contribution in [1.82, 2.24) is 14.8 Å². The highest BCUT2D eigenvalue weighted by atomic mass is 35.5. The van der Waals surface area contributed by atoms with Gasteiger partial charge in [0.2, 0.25) is 5.91 Å². The molecule has 186 valence electrons. The van der Waals surface area contributed by atoms with Crippen LogP contribution in [0.15, 0.2) is 65.8 Å². The van der Waals surface area contributed by atoms with Gasteiger partial charge in [-0.25, -0.2) is 0 Å². The summed E-state index contributed by atoms with van der Waals surface area (Å²) in [6.07, 6.45) is 0. The molecule has 7 nitrogen and oxygen atoms in total. The molecule has 0 aliphatic rings.